The van der Waals surface area contributed by atoms with Crippen molar-refractivity contribution in [3.63, 3.8) is 0 Å². The third-order valence-electron chi connectivity index (χ3n) is 3.39. The summed E-state index contributed by atoms with van der Waals surface area (Å²) in [4.78, 5) is 0. The minimum Gasteiger partial charge on any atom is -0.367 e. The third kappa shape index (κ3) is 2.58. The van der Waals surface area contributed by atoms with Gasteiger partial charge < -0.3 is 10.3 Å². The molecule has 0 aliphatic carbocycles. The average molecular weight is 299 g/mol. The molecule has 1 aromatic carbocycles. The van der Waals surface area contributed by atoms with Crippen molar-refractivity contribution in [2.75, 3.05) is 5.73 Å². The molecule has 0 bridgehead atoms. The van der Waals surface area contributed by atoms with Crippen LogP contribution in [0.1, 0.15) is 32.4 Å². The van der Waals surface area contributed by atoms with Crippen molar-refractivity contribution in [2.24, 2.45) is 5.92 Å². The first-order valence-electron chi connectivity index (χ1n) is 6.13. The maximum Gasteiger partial charge on any atom is 0.230 e. The maximum atomic E-state index is 6.24. The van der Waals surface area contributed by atoms with Gasteiger partial charge in [-0.05, 0) is 18.1 Å². The molecule has 0 aliphatic rings. The smallest absolute Gasteiger partial charge is 0.230 e. The zero-order valence-electron chi connectivity index (χ0n) is 11.1. The van der Waals surface area contributed by atoms with E-state index in [4.69, 9.17) is 33.5 Å². The number of nitrogen functional groups attached to an aromatic ring is 1. The molecule has 1 unspecified atom stereocenters. The van der Waals surface area contributed by atoms with Crippen molar-refractivity contribution in [1.29, 1.82) is 0 Å². The topological polar surface area (TPSA) is 52.0 Å². The van der Waals surface area contributed by atoms with Gasteiger partial charge in [0, 0.05) is 11.5 Å². The van der Waals surface area contributed by atoms with E-state index in [0.29, 0.717) is 27.1 Å². The van der Waals surface area contributed by atoms with Gasteiger partial charge in [-0.2, -0.15) is 0 Å². The summed E-state index contributed by atoms with van der Waals surface area (Å²) in [5.41, 5.74) is 8.09. The van der Waals surface area contributed by atoms with Crippen LogP contribution in [0, 0.1) is 5.92 Å². The molecule has 3 nitrogen and oxygen atoms in total. The lowest BCUT2D eigenvalue weighted by Crippen LogP contribution is -2.04. The number of nitrogens with zero attached hydrogens (tertiary/aromatic N) is 1. The normalized spacial score (nSPS) is 12.9. The molecule has 0 saturated carbocycles. The van der Waals surface area contributed by atoms with E-state index in [9.17, 15) is 0 Å². The van der Waals surface area contributed by atoms with Crippen molar-refractivity contribution in [3.8, 4) is 11.1 Å². The molecule has 2 aromatic rings. The predicted octanol–water partition coefficient (Wildman–Crippen LogP) is 4.99. The Bertz CT molecular complexity index is 573. The molecule has 2 rings (SSSR count). The van der Waals surface area contributed by atoms with Crippen molar-refractivity contribution >= 4 is 29.1 Å². The van der Waals surface area contributed by atoms with Crippen LogP contribution in [-0.2, 0) is 0 Å². The molecule has 0 amide bonds. The SMILES string of the molecule is CC(C)C(C)c1noc(N)c1-c1c(Cl)cccc1Cl. The second-order valence-corrected chi connectivity index (χ2v) is 5.75. The highest BCUT2D eigenvalue weighted by Crippen LogP contribution is 2.43. The molecule has 0 radical (unpaired) electrons. The lowest BCUT2D eigenvalue weighted by atomic mass is 9.90. The van der Waals surface area contributed by atoms with Crippen molar-refractivity contribution in [2.45, 2.75) is 26.7 Å². The number of hydrogen-bond acceptors (Lipinski definition) is 3. The molecule has 5 heteroatoms. The zero-order chi connectivity index (χ0) is 14.2. The lowest BCUT2D eigenvalue weighted by Gasteiger charge is -2.15. The van der Waals surface area contributed by atoms with Crippen LogP contribution in [0.4, 0.5) is 5.88 Å². The summed E-state index contributed by atoms with van der Waals surface area (Å²) < 4.78 is 5.14. The van der Waals surface area contributed by atoms with Crippen LogP contribution in [0.2, 0.25) is 10.0 Å². The van der Waals surface area contributed by atoms with Gasteiger partial charge in [0.25, 0.3) is 0 Å². The van der Waals surface area contributed by atoms with Gasteiger partial charge in [-0.15, -0.1) is 0 Å². The molecule has 102 valence electrons. The molecular formula is C14H16Cl2N2O. The molecule has 0 fully saturated rings. The fourth-order valence-electron chi connectivity index (χ4n) is 1.93. The molecule has 2 N–H and O–H groups in total. The van der Waals surface area contributed by atoms with Crippen molar-refractivity contribution < 1.29 is 4.52 Å². The van der Waals surface area contributed by atoms with Crippen LogP contribution in [0.25, 0.3) is 11.1 Å². The second kappa shape index (κ2) is 5.43. The van der Waals surface area contributed by atoms with Crippen LogP contribution in [0.15, 0.2) is 22.7 Å². The molecule has 0 aliphatic heterocycles. The molecule has 0 spiro atoms. The number of hydrogen-bond donors (Lipinski definition) is 1. The number of halogens is 2. The number of nitrogens with two attached hydrogens (primary N) is 1. The van der Waals surface area contributed by atoms with Crippen LogP contribution in [-0.4, -0.2) is 5.16 Å². The summed E-state index contributed by atoms with van der Waals surface area (Å²) in [6, 6.07) is 5.35. The van der Waals surface area contributed by atoms with E-state index in [1.807, 2.05) is 0 Å². The second-order valence-electron chi connectivity index (χ2n) is 4.94. The van der Waals surface area contributed by atoms with Gasteiger partial charge in [0.15, 0.2) is 0 Å². The minimum absolute atomic E-state index is 0.198. The number of anilines is 1. The van der Waals surface area contributed by atoms with E-state index >= 15 is 0 Å². The summed E-state index contributed by atoms with van der Waals surface area (Å²) in [6.45, 7) is 6.32. The molecule has 1 atom stereocenters. The number of rotatable bonds is 3. The number of benzene rings is 1. The highest BCUT2D eigenvalue weighted by Gasteiger charge is 2.25. The molecule has 0 saturated heterocycles. The Morgan fingerprint density at radius 1 is 1.11 bits per heavy atom. The van der Waals surface area contributed by atoms with Crippen LogP contribution >= 0.6 is 23.2 Å². The third-order valence-corrected chi connectivity index (χ3v) is 4.02. The monoisotopic (exact) mass is 298 g/mol. The lowest BCUT2D eigenvalue weighted by molar-refractivity contribution is 0.407. The van der Waals surface area contributed by atoms with Gasteiger partial charge >= 0.3 is 0 Å². The molecular weight excluding hydrogens is 283 g/mol. The molecule has 1 aromatic heterocycles. The van der Waals surface area contributed by atoms with Gasteiger partial charge in [-0.3, -0.25) is 0 Å². The van der Waals surface area contributed by atoms with Gasteiger partial charge in [0.05, 0.1) is 21.3 Å². The standard InChI is InChI=1S/C14H16Cl2N2O/c1-7(2)8(3)13-12(14(17)19-18-13)11-9(15)5-4-6-10(11)16/h4-8H,17H2,1-3H3. The largest absolute Gasteiger partial charge is 0.367 e. The van der Waals surface area contributed by atoms with Crippen LogP contribution in [0.3, 0.4) is 0 Å². The first-order valence-corrected chi connectivity index (χ1v) is 6.88. The fraction of sp³-hybridized carbons (Fsp3) is 0.357. The summed E-state index contributed by atoms with van der Waals surface area (Å²) in [5, 5.41) is 5.16. The van der Waals surface area contributed by atoms with Gasteiger partial charge in [-0.1, -0.05) is 55.2 Å². The van der Waals surface area contributed by atoms with E-state index in [2.05, 4.69) is 25.9 Å². The first kappa shape index (κ1) is 14.2. The van der Waals surface area contributed by atoms with E-state index in [1.54, 1.807) is 18.2 Å². The Balaban J connectivity index is 2.66. The minimum atomic E-state index is 0.198. The van der Waals surface area contributed by atoms with E-state index in [1.165, 1.54) is 0 Å². The van der Waals surface area contributed by atoms with E-state index < -0.39 is 0 Å². The van der Waals surface area contributed by atoms with E-state index in [-0.39, 0.29) is 11.8 Å². The Hall–Kier alpha value is -1.19. The summed E-state index contributed by atoms with van der Waals surface area (Å²) in [5.74, 6) is 0.852. The zero-order valence-corrected chi connectivity index (χ0v) is 12.6. The van der Waals surface area contributed by atoms with Crippen LogP contribution < -0.4 is 5.73 Å². The molecule has 1 heterocycles. The Labute approximate surface area is 122 Å². The Morgan fingerprint density at radius 2 is 1.68 bits per heavy atom. The average Bonchev–Trinajstić information content (AvgIpc) is 2.70. The Morgan fingerprint density at radius 3 is 2.21 bits per heavy atom. The highest BCUT2D eigenvalue weighted by atomic mass is 35.5. The fourth-order valence-corrected chi connectivity index (χ4v) is 2.52. The quantitative estimate of drug-likeness (QED) is 0.868. The summed E-state index contributed by atoms with van der Waals surface area (Å²) in [6.07, 6.45) is 0. The van der Waals surface area contributed by atoms with Gasteiger partial charge in [-0.25, -0.2) is 0 Å². The predicted molar refractivity (Wildman–Crippen MR) is 79.6 cm³/mol. The summed E-state index contributed by atoms with van der Waals surface area (Å²) >= 11 is 12.5. The maximum absolute atomic E-state index is 6.24. The van der Waals surface area contributed by atoms with Gasteiger partial charge in [0.1, 0.15) is 0 Å². The highest BCUT2D eigenvalue weighted by molar-refractivity contribution is 6.39. The van der Waals surface area contributed by atoms with Crippen LogP contribution in [0.5, 0.6) is 0 Å². The molecule has 19 heavy (non-hydrogen) atoms. The Kier molecular flexibility index (Phi) is 4.07. The van der Waals surface area contributed by atoms with E-state index in [0.717, 1.165) is 5.69 Å². The first-order chi connectivity index (χ1) is 8.93. The van der Waals surface area contributed by atoms with Crippen molar-refractivity contribution in [1.82, 2.24) is 5.16 Å². The number of aromatic nitrogens is 1. The summed E-state index contributed by atoms with van der Waals surface area (Å²) in [7, 11) is 0. The van der Waals surface area contributed by atoms with Gasteiger partial charge in [0.2, 0.25) is 5.88 Å². The van der Waals surface area contributed by atoms with Crippen molar-refractivity contribution in [3.05, 3.63) is 33.9 Å².